The molecule has 1 heterocycles. The number of rotatable bonds is 7. The van der Waals surface area contributed by atoms with Gasteiger partial charge in [0.05, 0.1) is 17.8 Å². The fourth-order valence-corrected chi connectivity index (χ4v) is 3.96. The SMILES string of the molecule is Cc1nn(Cc2ccc(F)cc2)c(Cl)c1C(=O)NCCNC(=O)C1CCCCC1. The molecule has 0 radical (unpaired) electrons. The molecule has 29 heavy (non-hydrogen) atoms. The fraction of sp³-hybridized carbons (Fsp3) is 0.476. The maximum atomic E-state index is 13.1. The molecule has 1 aliphatic carbocycles. The molecule has 1 aromatic heterocycles. The molecule has 0 bridgehead atoms. The molecule has 2 amide bonds. The van der Waals surface area contributed by atoms with Gasteiger partial charge < -0.3 is 10.6 Å². The minimum absolute atomic E-state index is 0.0697. The lowest BCUT2D eigenvalue weighted by molar-refractivity contribution is -0.125. The number of nitrogens with zero attached hydrogens (tertiary/aromatic N) is 2. The Morgan fingerprint density at radius 1 is 1.14 bits per heavy atom. The highest BCUT2D eigenvalue weighted by Gasteiger charge is 2.22. The van der Waals surface area contributed by atoms with Crippen LogP contribution in [0.2, 0.25) is 5.15 Å². The summed E-state index contributed by atoms with van der Waals surface area (Å²) in [6.07, 6.45) is 5.30. The number of aromatic nitrogens is 2. The van der Waals surface area contributed by atoms with Crippen LogP contribution in [0.4, 0.5) is 4.39 Å². The first-order valence-electron chi connectivity index (χ1n) is 9.99. The summed E-state index contributed by atoms with van der Waals surface area (Å²) in [5, 5.41) is 10.2. The number of hydrogen-bond acceptors (Lipinski definition) is 3. The molecular weight excluding hydrogens is 395 g/mol. The summed E-state index contributed by atoms with van der Waals surface area (Å²) in [7, 11) is 0. The van der Waals surface area contributed by atoms with Crippen LogP contribution < -0.4 is 10.6 Å². The maximum Gasteiger partial charge on any atom is 0.256 e. The topological polar surface area (TPSA) is 76.0 Å². The molecule has 156 valence electrons. The third-order valence-electron chi connectivity index (χ3n) is 5.22. The Bertz CT molecular complexity index is 860. The third-order valence-corrected chi connectivity index (χ3v) is 5.61. The summed E-state index contributed by atoms with van der Waals surface area (Å²) in [6.45, 7) is 2.75. The van der Waals surface area contributed by atoms with Gasteiger partial charge in [0.1, 0.15) is 11.0 Å². The van der Waals surface area contributed by atoms with Crippen molar-refractivity contribution >= 4 is 23.4 Å². The smallest absolute Gasteiger partial charge is 0.256 e. The molecule has 1 aliphatic rings. The molecule has 0 spiro atoms. The van der Waals surface area contributed by atoms with Crippen LogP contribution in [0.1, 0.15) is 53.7 Å². The number of benzene rings is 1. The van der Waals surface area contributed by atoms with Crippen LogP contribution >= 0.6 is 11.6 Å². The van der Waals surface area contributed by atoms with Crippen LogP contribution in [-0.2, 0) is 11.3 Å². The Hall–Kier alpha value is -2.41. The van der Waals surface area contributed by atoms with Gasteiger partial charge in [0.15, 0.2) is 0 Å². The normalized spacial score (nSPS) is 14.6. The monoisotopic (exact) mass is 420 g/mol. The zero-order valence-electron chi connectivity index (χ0n) is 16.5. The number of nitrogens with one attached hydrogen (secondary N) is 2. The molecule has 0 aliphatic heterocycles. The predicted octanol–water partition coefficient (Wildman–Crippen LogP) is 3.46. The fourth-order valence-electron chi connectivity index (χ4n) is 3.64. The Labute approximate surface area is 174 Å². The van der Waals surface area contributed by atoms with Gasteiger partial charge in [-0.05, 0) is 37.5 Å². The van der Waals surface area contributed by atoms with Crippen LogP contribution in [0.3, 0.4) is 0 Å². The van der Waals surface area contributed by atoms with E-state index < -0.39 is 0 Å². The number of hydrogen-bond donors (Lipinski definition) is 2. The number of amides is 2. The zero-order valence-corrected chi connectivity index (χ0v) is 17.3. The van der Waals surface area contributed by atoms with Crippen molar-refractivity contribution in [3.05, 3.63) is 52.1 Å². The predicted molar refractivity (Wildman–Crippen MR) is 109 cm³/mol. The lowest BCUT2D eigenvalue weighted by Gasteiger charge is -2.20. The largest absolute Gasteiger partial charge is 0.354 e. The summed E-state index contributed by atoms with van der Waals surface area (Å²) in [4.78, 5) is 24.7. The zero-order chi connectivity index (χ0) is 20.8. The van der Waals surface area contributed by atoms with E-state index >= 15 is 0 Å². The van der Waals surface area contributed by atoms with E-state index in [0.29, 0.717) is 30.9 Å². The minimum atomic E-state index is -0.329. The molecule has 8 heteroatoms. The molecule has 0 unspecified atom stereocenters. The number of halogens is 2. The summed E-state index contributed by atoms with van der Waals surface area (Å²) < 4.78 is 14.6. The van der Waals surface area contributed by atoms with Gasteiger partial charge in [0.25, 0.3) is 5.91 Å². The van der Waals surface area contributed by atoms with Gasteiger partial charge in [-0.15, -0.1) is 0 Å². The molecule has 1 aromatic carbocycles. The van der Waals surface area contributed by atoms with Crippen molar-refractivity contribution in [2.45, 2.75) is 45.6 Å². The van der Waals surface area contributed by atoms with Crippen LogP contribution in [0.25, 0.3) is 0 Å². The van der Waals surface area contributed by atoms with E-state index in [1.54, 1.807) is 19.1 Å². The number of carbonyl (C=O) groups excluding carboxylic acids is 2. The Morgan fingerprint density at radius 3 is 2.48 bits per heavy atom. The van der Waals surface area contributed by atoms with Crippen molar-refractivity contribution in [1.82, 2.24) is 20.4 Å². The van der Waals surface area contributed by atoms with E-state index in [9.17, 15) is 14.0 Å². The van der Waals surface area contributed by atoms with Crippen LogP contribution in [0.5, 0.6) is 0 Å². The van der Waals surface area contributed by atoms with E-state index in [-0.39, 0.29) is 28.7 Å². The Morgan fingerprint density at radius 2 is 1.79 bits per heavy atom. The Kier molecular flexibility index (Phi) is 7.25. The van der Waals surface area contributed by atoms with Gasteiger partial charge in [0.2, 0.25) is 5.91 Å². The minimum Gasteiger partial charge on any atom is -0.354 e. The summed E-state index contributed by atoms with van der Waals surface area (Å²) in [5.74, 6) is -0.474. The van der Waals surface area contributed by atoms with Crippen molar-refractivity contribution in [1.29, 1.82) is 0 Å². The molecular formula is C21H26ClFN4O2. The van der Waals surface area contributed by atoms with E-state index in [1.807, 2.05) is 0 Å². The van der Waals surface area contributed by atoms with Crippen LogP contribution in [0, 0.1) is 18.7 Å². The van der Waals surface area contributed by atoms with Crippen LogP contribution in [0.15, 0.2) is 24.3 Å². The first-order valence-corrected chi connectivity index (χ1v) is 10.4. The van der Waals surface area contributed by atoms with Gasteiger partial charge in [-0.1, -0.05) is 43.0 Å². The lowest BCUT2D eigenvalue weighted by Crippen LogP contribution is -2.38. The molecule has 0 atom stereocenters. The lowest BCUT2D eigenvalue weighted by atomic mass is 9.89. The first-order chi connectivity index (χ1) is 14.0. The summed E-state index contributed by atoms with van der Waals surface area (Å²) >= 11 is 6.37. The van der Waals surface area contributed by atoms with Gasteiger partial charge in [-0.2, -0.15) is 5.10 Å². The standard InChI is InChI=1S/C21H26ClFN4O2/c1-14-18(19(22)27(26-14)13-15-7-9-17(23)10-8-15)21(29)25-12-11-24-20(28)16-5-3-2-4-6-16/h7-10,16H,2-6,11-13H2,1H3,(H,24,28)(H,25,29). The van der Waals surface area contributed by atoms with Crippen molar-refractivity contribution in [2.75, 3.05) is 13.1 Å². The molecule has 1 saturated carbocycles. The van der Waals surface area contributed by atoms with E-state index in [4.69, 9.17) is 11.6 Å². The second-order valence-corrected chi connectivity index (χ2v) is 7.78. The molecule has 2 N–H and O–H groups in total. The van der Waals surface area contributed by atoms with Gasteiger partial charge in [-0.3, -0.25) is 9.59 Å². The highest BCUT2D eigenvalue weighted by Crippen LogP contribution is 2.23. The van der Waals surface area contributed by atoms with Gasteiger partial charge >= 0.3 is 0 Å². The molecule has 2 aromatic rings. The van der Waals surface area contributed by atoms with Crippen molar-refractivity contribution in [3.8, 4) is 0 Å². The average molecular weight is 421 g/mol. The summed E-state index contributed by atoms with van der Waals surface area (Å²) in [5.41, 5.74) is 1.65. The molecule has 3 rings (SSSR count). The quantitative estimate of drug-likeness (QED) is 0.673. The van der Waals surface area contributed by atoms with Crippen molar-refractivity contribution in [3.63, 3.8) is 0 Å². The van der Waals surface area contributed by atoms with Crippen molar-refractivity contribution in [2.24, 2.45) is 5.92 Å². The number of aryl methyl sites for hydroxylation is 1. The second-order valence-electron chi connectivity index (χ2n) is 7.42. The third kappa shape index (κ3) is 5.56. The molecule has 6 nitrogen and oxygen atoms in total. The first kappa shape index (κ1) is 21.3. The highest BCUT2D eigenvalue weighted by molar-refractivity contribution is 6.33. The van der Waals surface area contributed by atoms with Crippen molar-refractivity contribution < 1.29 is 14.0 Å². The van der Waals surface area contributed by atoms with E-state index in [1.165, 1.54) is 23.2 Å². The van der Waals surface area contributed by atoms with E-state index in [2.05, 4.69) is 15.7 Å². The number of carbonyl (C=O) groups is 2. The van der Waals surface area contributed by atoms with Gasteiger partial charge in [-0.25, -0.2) is 9.07 Å². The van der Waals surface area contributed by atoms with Gasteiger partial charge in [0, 0.05) is 19.0 Å². The summed E-state index contributed by atoms with van der Waals surface area (Å²) in [6, 6.07) is 6.04. The van der Waals surface area contributed by atoms with Crippen LogP contribution in [-0.4, -0.2) is 34.7 Å². The van der Waals surface area contributed by atoms with E-state index in [0.717, 1.165) is 31.2 Å². The maximum absolute atomic E-state index is 13.1. The second kappa shape index (κ2) is 9.87. The molecule has 0 saturated heterocycles. The highest BCUT2D eigenvalue weighted by atomic mass is 35.5. The average Bonchev–Trinajstić information content (AvgIpc) is 3.00. The molecule has 1 fully saturated rings. The Balaban J connectivity index is 1.52.